The van der Waals surface area contributed by atoms with E-state index in [9.17, 15) is 9.59 Å². The number of carbonyl (C=O) groups excluding carboxylic acids is 2. The SMILES string of the molecule is COC(=O)C(=O)C1CNc2ncccc21. The molecule has 0 aromatic carbocycles. The number of fused-ring (bicyclic) bond motifs is 1. The van der Waals surface area contributed by atoms with Crippen molar-refractivity contribution in [3.8, 4) is 0 Å². The third-order valence-corrected chi connectivity index (χ3v) is 2.39. The maximum Gasteiger partial charge on any atom is 0.375 e. The molecule has 2 rings (SSSR count). The van der Waals surface area contributed by atoms with Gasteiger partial charge in [0.2, 0.25) is 5.78 Å². The number of hydrogen-bond donors (Lipinski definition) is 1. The van der Waals surface area contributed by atoms with Gasteiger partial charge in [0, 0.05) is 18.3 Å². The lowest BCUT2D eigenvalue weighted by Crippen LogP contribution is -2.24. The summed E-state index contributed by atoms with van der Waals surface area (Å²) in [5, 5.41) is 2.97. The molecule has 1 atom stereocenters. The highest BCUT2D eigenvalue weighted by Crippen LogP contribution is 2.29. The van der Waals surface area contributed by atoms with Gasteiger partial charge in [-0.3, -0.25) is 4.79 Å². The van der Waals surface area contributed by atoms with Crippen LogP contribution in [0.25, 0.3) is 0 Å². The Morgan fingerprint density at radius 2 is 2.40 bits per heavy atom. The van der Waals surface area contributed by atoms with Crippen molar-refractivity contribution < 1.29 is 14.3 Å². The predicted molar refractivity (Wildman–Crippen MR) is 52.5 cm³/mol. The highest BCUT2D eigenvalue weighted by atomic mass is 16.5. The number of methoxy groups -OCH3 is 1. The second-order valence-electron chi connectivity index (χ2n) is 3.23. The van der Waals surface area contributed by atoms with Crippen LogP contribution in [-0.2, 0) is 14.3 Å². The van der Waals surface area contributed by atoms with Crippen LogP contribution in [0.15, 0.2) is 18.3 Å². The Balaban J connectivity index is 2.28. The number of Topliss-reactive ketones (excluding diaryl/α,β-unsaturated/α-hetero) is 1. The Morgan fingerprint density at radius 1 is 1.60 bits per heavy atom. The van der Waals surface area contributed by atoms with Crippen LogP contribution in [0.5, 0.6) is 0 Å². The van der Waals surface area contributed by atoms with E-state index in [1.54, 1.807) is 18.3 Å². The summed E-state index contributed by atoms with van der Waals surface area (Å²) in [5.74, 6) is -1.14. The molecule has 0 saturated heterocycles. The van der Waals surface area contributed by atoms with Crippen molar-refractivity contribution in [3.63, 3.8) is 0 Å². The first-order valence-corrected chi connectivity index (χ1v) is 4.55. The zero-order valence-corrected chi connectivity index (χ0v) is 8.19. The van der Waals surface area contributed by atoms with Crippen LogP contribution >= 0.6 is 0 Å². The van der Waals surface area contributed by atoms with Gasteiger partial charge in [-0.15, -0.1) is 0 Å². The molecule has 1 aromatic heterocycles. The molecule has 0 spiro atoms. The van der Waals surface area contributed by atoms with Crippen molar-refractivity contribution in [3.05, 3.63) is 23.9 Å². The molecule has 0 amide bonds. The largest absolute Gasteiger partial charge is 0.463 e. The minimum absolute atomic E-state index is 0.403. The molecule has 15 heavy (non-hydrogen) atoms. The number of hydrogen-bond acceptors (Lipinski definition) is 5. The van der Waals surface area contributed by atoms with Gasteiger partial charge in [-0.1, -0.05) is 6.07 Å². The molecule has 1 unspecified atom stereocenters. The van der Waals surface area contributed by atoms with Gasteiger partial charge >= 0.3 is 5.97 Å². The Labute approximate surface area is 86.5 Å². The number of nitrogens with one attached hydrogen (secondary N) is 1. The summed E-state index contributed by atoms with van der Waals surface area (Å²) >= 11 is 0. The number of anilines is 1. The van der Waals surface area contributed by atoms with Gasteiger partial charge in [0.15, 0.2) is 0 Å². The fraction of sp³-hybridized carbons (Fsp3) is 0.300. The maximum atomic E-state index is 11.6. The first-order chi connectivity index (χ1) is 7.24. The van der Waals surface area contributed by atoms with E-state index in [0.29, 0.717) is 12.4 Å². The molecule has 1 aliphatic rings. The highest BCUT2D eigenvalue weighted by molar-refractivity contribution is 6.36. The quantitative estimate of drug-likeness (QED) is 0.558. The minimum atomic E-state index is -0.807. The van der Waals surface area contributed by atoms with E-state index in [0.717, 1.165) is 5.56 Å². The summed E-state index contributed by atoms with van der Waals surface area (Å²) < 4.78 is 4.40. The normalized spacial score (nSPS) is 17.8. The van der Waals surface area contributed by atoms with Gasteiger partial charge in [-0.2, -0.15) is 0 Å². The number of carbonyl (C=O) groups is 2. The van der Waals surface area contributed by atoms with Crippen molar-refractivity contribution in [1.29, 1.82) is 0 Å². The van der Waals surface area contributed by atoms with Crippen molar-refractivity contribution in [2.24, 2.45) is 0 Å². The smallest absolute Gasteiger partial charge is 0.375 e. The minimum Gasteiger partial charge on any atom is -0.463 e. The lowest BCUT2D eigenvalue weighted by atomic mass is 9.98. The Kier molecular flexibility index (Phi) is 2.37. The Morgan fingerprint density at radius 3 is 3.13 bits per heavy atom. The molecule has 1 N–H and O–H groups in total. The fourth-order valence-electron chi connectivity index (χ4n) is 1.63. The van der Waals surface area contributed by atoms with E-state index in [1.807, 2.05) is 0 Å². The van der Waals surface area contributed by atoms with Crippen LogP contribution in [0.3, 0.4) is 0 Å². The van der Waals surface area contributed by atoms with Gasteiger partial charge in [0.1, 0.15) is 5.82 Å². The van der Waals surface area contributed by atoms with Crippen molar-refractivity contribution in [1.82, 2.24) is 4.98 Å². The summed E-state index contributed by atoms with van der Waals surface area (Å²) in [4.78, 5) is 26.7. The summed E-state index contributed by atoms with van der Waals surface area (Å²) in [7, 11) is 1.20. The number of ether oxygens (including phenoxy) is 1. The number of esters is 1. The van der Waals surface area contributed by atoms with Gasteiger partial charge < -0.3 is 10.1 Å². The summed E-state index contributed by atoms with van der Waals surface area (Å²) in [6.45, 7) is 0.403. The number of rotatable bonds is 2. The molecule has 0 saturated carbocycles. The third-order valence-electron chi connectivity index (χ3n) is 2.39. The molecule has 0 aliphatic carbocycles. The van der Waals surface area contributed by atoms with Crippen LogP contribution in [0.1, 0.15) is 11.5 Å². The molecule has 0 radical (unpaired) electrons. The molecule has 1 aromatic rings. The zero-order valence-electron chi connectivity index (χ0n) is 8.19. The third kappa shape index (κ3) is 1.56. The van der Waals surface area contributed by atoms with E-state index >= 15 is 0 Å². The van der Waals surface area contributed by atoms with Crippen LogP contribution in [0.2, 0.25) is 0 Å². The van der Waals surface area contributed by atoms with Crippen molar-refractivity contribution in [2.75, 3.05) is 19.0 Å². The second kappa shape index (κ2) is 3.68. The van der Waals surface area contributed by atoms with Crippen LogP contribution in [-0.4, -0.2) is 30.4 Å². The molecule has 2 heterocycles. The number of aromatic nitrogens is 1. The summed E-state index contributed by atoms with van der Waals surface area (Å²) in [5.41, 5.74) is 0.757. The Hall–Kier alpha value is -1.91. The van der Waals surface area contributed by atoms with Gasteiger partial charge in [-0.05, 0) is 6.07 Å². The predicted octanol–water partition coefficient (Wildman–Crippen LogP) is 0.333. The van der Waals surface area contributed by atoms with Crippen LogP contribution < -0.4 is 5.32 Å². The molecule has 1 aliphatic heterocycles. The van der Waals surface area contributed by atoms with E-state index in [4.69, 9.17) is 0 Å². The first-order valence-electron chi connectivity index (χ1n) is 4.55. The molecular weight excluding hydrogens is 196 g/mol. The second-order valence-corrected chi connectivity index (χ2v) is 3.23. The zero-order chi connectivity index (χ0) is 10.8. The topological polar surface area (TPSA) is 68.3 Å². The van der Waals surface area contributed by atoms with Gasteiger partial charge in [0.25, 0.3) is 0 Å². The van der Waals surface area contributed by atoms with Crippen LogP contribution in [0.4, 0.5) is 5.82 Å². The summed E-state index contributed by atoms with van der Waals surface area (Å²) in [6, 6.07) is 3.53. The van der Waals surface area contributed by atoms with E-state index < -0.39 is 17.7 Å². The number of ketones is 1. The Bertz CT molecular complexity index is 417. The fourth-order valence-corrected chi connectivity index (χ4v) is 1.63. The molecule has 0 bridgehead atoms. The van der Waals surface area contributed by atoms with Gasteiger partial charge in [0.05, 0.1) is 13.0 Å². The monoisotopic (exact) mass is 206 g/mol. The average Bonchev–Trinajstić information content (AvgIpc) is 2.70. The number of pyridine rings is 1. The van der Waals surface area contributed by atoms with Crippen molar-refractivity contribution in [2.45, 2.75) is 5.92 Å². The standard InChI is InChI=1S/C10H10N2O3/c1-15-10(14)8(13)7-5-12-9-6(7)3-2-4-11-9/h2-4,7H,5H2,1H3,(H,11,12). The van der Waals surface area contributed by atoms with Crippen molar-refractivity contribution >= 4 is 17.6 Å². The molecule has 5 heteroatoms. The lowest BCUT2D eigenvalue weighted by molar-refractivity contribution is -0.152. The molecule has 5 nitrogen and oxygen atoms in total. The molecule has 0 fully saturated rings. The van der Waals surface area contributed by atoms with Crippen LogP contribution in [0, 0.1) is 0 Å². The molecular formula is C10H10N2O3. The van der Waals surface area contributed by atoms with E-state index in [-0.39, 0.29) is 0 Å². The van der Waals surface area contributed by atoms with E-state index in [2.05, 4.69) is 15.0 Å². The highest BCUT2D eigenvalue weighted by Gasteiger charge is 2.33. The van der Waals surface area contributed by atoms with Gasteiger partial charge in [-0.25, -0.2) is 9.78 Å². The first kappa shape index (κ1) is 9.64. The average molecular weight is 206 g/mol. The van der Waals surface area contributed by atoms with E-state index in [1.165, 1.54) is 7.11 Å². The maximum absolute atomic E-state index is 11.6. The lowest BCUT2D eigenvalue weighted by Gasteiger charge is -2.05. The number of nitrogens with zero attached hydrogens (tertiary/aromatic N) is 1. The molecule has 78 valence electrons. The summed E-state index contributed by atoms with van der Waals surface area (Å²) in [6.07, 6.45) is 1.64.